The highest BCUT2D eigenvalue weighted by Crippen LogP contribution is 2.29. The van der Waals surface area contributed by atoms with Crippen LogP contribution >= 0.6 is 0 Å². The molecule has 26 heavy (non-hydrogen) atoms. The number of hydrogen-bond donors (Lipinski definition) is 1. The van der Waals surface area contributed by atoms with Gasteiger partial charge in [-0.1, -0.05) is 6.07 Å². The molecule has 1 fully saturated rings. The first-order valence-electron chi connectivity index (χ1n) is 8.92. The maximum atomic E-state index is 14.4. The summed E-state index contributed by atoms with van der Waals surface area (Å²) in [6.45, 7) is 4.42. The fraction of sp³-hybridized carbons (Fsp3) is 0.350. The monoisotopic (exact) mass is 352 g/mol. The number of halogens is 1. The van der Waals surface area contributed by atoms with Crippen LogP contribution in [0.4, 0.5) is 4.39 Å². The number of ether oxygens (including phenoxy) is 1. The maximum Gasteiger partial charge on any atom is 0.242 e. The molecule has 1 atom stereocenters. The van der Waals surface area contributed by atoms with E-state index in [0.717, 1.165) is 31.5 Å². The summed E-state index contributed by atoms with van der Waals surface area (Å²) in [5, 5.41) is 3.38. The maximum absolute atomic E-state index is 14.4. The quantitative estimate of drug-likeness (QED) is 0.778. The number of benzene rings is 1. The molecule has 1 N–H and O–H groups in total. The average molecular weight is 352 g/mol. The van der Waals surface area contributed by atoms with Crippen LogP contribution in [0.3, 0.4) is 0 Å². The van der Waals surface area contributed by atoms with E-state index in [-0.39, 0.29) is 5.82 Å². The van der Waals surface area contributed by atoms with Crippen LogP contribution in [-0.2, 0) is 0 Å². The molecule has 0 amide bonds. The van der Waals surface area contributed by atoms with Crippen molar-refractivity contribution in [3.05, 3.63) is 48.0 Å². The van der Waals surface area contributed by atoms with E-state index in [1.807, 2.05) is 13.0 Å². The van der Waals surface area contributed by atoms with E-state index >= 15 is 0 Å². The van der Waals surface area contributed by atoms with Gasteiger partial charge in [0.15, 0.2) is 5.52 Å². The zero-order valence-electron chi connectivity index (χ0n) is 14.7. The van der Waals surface area contributed by atoms with Crippen LogP contribution in [0.25, 0.3) is 22.3 Å². The molecule has 0 radical (unpaired) electrons. The molecule has 0 spiro atoms. The van der Waals surface area contributed by atoms with Crippen molar-refractivity contribution < 1.29 is 9.13 Å². The van der Waals surface area contributed by atoms with E-state index < -0.39 is 0 Å². The van der Waals surface area contributed by atoms with E-state index in [0.29, 0.717) is 40.7 Å². The minimum Gasteiger partial charge on any atom is -0.476 e. The SMILES string of the molecule is Cc1ccc(-c2cc3nccnc3c(OC[C@H]3CCCNC3)n2)c(F)c1. The van der Waals surface area contributed by atoms with Gasteiger partial charge in [0.2, 0.25) is 5.88 Å². The standard InChI is InChI=1S/C20H21FN4O/c1-13-4-5-15(16(21)9-13)17-10-18-19(24-8-7-23-18)20(25-17)26-12-14-3-2-6-22-11-14/h4-5,7-10,14,22H,2-3,6,11-12H2,1H3/t14-/m0/s1. The van der Waals surface area contributed by atoms with Gasteiger partial charge in [-0.15, -0.1) is 0 Å². The minimum atomic E-state index is -0.303. The third-order valence-corrected chi connectivity index (χ3v) is 4.68. The lowest BCUT2D eigenvalue weighted by molar-refractivity contribution is 0.214. The number of fused-ring (bicyclic) bond motifs is 1. The van der Waals surface area contributed by atoms with Crippen molar-refractivity contribution in [1.82, 2.24) is 20.3 Å². The second kappa shape index (κ2) is 7.33. The molecule has 0 aliphatic carbocycles. The Labute approximate surface area is 151 Å². The highest BCUT2D eigenvalue weighted by Gasteiger charge is 2.17. The van der Waals surface area contributed by atoms with Crippen LogP contribution in [0, 0.1) is 18.7 Å². The van der Waals surface area contributed by atoms with E-state index in [4.69, 9.17) is 4.74 Å². The highest BCUT2D eigenvalue weighted by atomic mass is 19.1. The van der Waals surface area contributed by atoms with E-state index in [9.17, 15) is 4.39 Å². The summed E-state index contributed by atoms with van der Waals surface area (Å²) < 4.78 is 20.4. The minimum absolute atomic E-state index is 0.303. The number of piperidine rings is 1. The number of hydrogen-bond acceptors (Lipinski definition) is 5. The molecule has 5 nitrogen and oxygen atoms in total. The van der Waals surface area contributed by atoms with Gasteiger partial charge >= 0.3 is 0 Å². The van der Waals surface area contributed by atoms with Crippen molar-refractivity contribution in [2.45, 2.75) is 19.8 Å². The average Bonchev–Trinajstić information content (AvgIpc) is 2.67. The van der Waals surface area contributed by atoms with Gasteiger partial charge in [0.1, 0.15) is 5.82 Å². The molecule has 1 aliphatic rings. The summed E-state index contributed by atoms with van der Waals surface area (Å²) in [4.78, 5) is 13.3. The smallest absolute Gasteiger partial charge is 0.242 e. The molecule has 6 heteroatoms. The first-order valence-corrected chi connectivity index (χ1v) is 8.92. The molecule has 134 valence electrons. The largest absolute Gasteiger partial charge is 0.476 e. The van der Waals surface area contributed by atoms with Crippen LogP contribution in [0.2, 0.25) is 0 Å². The predicted octanol–water partition coefficient (Wildman–Crippen LogP) is 3.52. The van der Waals surface area contributed by atoms with Crippen molar-refractivity contribution >= 4 is 11.0 Å². The normalized spacial score (nSPS) is 17.4. The Morgan fingerprint density at radius 1 is 1.23 bits per heavy atom. The van der Waals surface area contributed by atoms with Crippen molar-refractivity contribution in [3.63, 3.8) is 0 Å². The molecule has 0 bridgehead atoms. The zero-order chi connectivity index (χ0) is 17.9. The molecule has 3 heterocycles. The Morgan fingerprint density at radius 2 is 2.12 bits per heavy atom. The first-order chi connectivity index (χ1) is 12.7. The van der Waals surface area contributed by atoms with Crippen molar-refractivity contribution in [2.24, 2.45) is 5.92 Å². The van der Waals surface area contributed by atoms with Crippen molar-refractivity contribution in [2.75, 3.05) is 19.7 Å². The molecule has 1 aromatic carbocycles. The molecule has 1 aliphatic heterocycles. The second-order valence-corrected chi connectivity index (χ2v) is 6.74. The Morgan fingerprint density at radius 3 is 2.92 bits per heavy atom. The molecule has 3 aromatic rings. The fourth-order valence-corrected chi connectivity index (χ4v) is 3.27. The Bertz CT molecular complexity index is 925. The summed E-state index contributed by atoms with van der Waals surface area (Å²) in [5.41, 5.74) is 3.06. The third-order valence-electron chi connectivity index (χ3n) is 4.68. The Kier molecular flexibility index (Phi) is 4.75. The number of pyridine rings is 1. The first kappa shape index (κ1) is 16.8. The van der Waals surface area contributed by atoms with E-state index in [2.05, 4.69) is 20.3 Å². The molecule has 1 saturated heterocycles. The van der Waals surface area contributed by atoms with Gasteiger partial charge in [0.05, 0.1) is 17.8 Å². The van der Waals surface area contributed by atoms with Crippen LogP contribution in [0.5, 0.6) is 5.88 Å². The molecule has 2 aromatic heterocycles. The summed E-state index contributed by atoms with van der Waals surface area (Å²) in [7, 11) is 0. The van der Waals surface area contributed by atoms with Crippen molar-refractivity contribution in [1.29, 1.82) is 0 Å². The highest BCUT2D eigenvalue weighted by molar-refractivity contribution is 5.83. The van der Waals surface area contributed by atoms with Crippen molar-refractivity contribution in [3.8, 4) is 17.1 Å². The van der Waals surface area contributed by atoms with Crippen LogP contribution in [-0.4, -0.2) is 34.6 Å². The Hall–Kier alpha value is -2.60. The summed E-state index contributed by atoms with van der Waals surface area (Å²) in [6, 6.07) is 6.87. The van der Waals surface area contributed by atoms with Crippen LogP contribution in [0.15, 0.2) is 36.7 Å². The lowest BCUT2D eigenvalue weighted by Crippen LogP contribution is -2.33. The van der Waals surface area contributed by atoms with E-state index in [1.54, 1.807) is 24.5 Å². The van der Waals surface area contributed by atoms with Crippen LogP contribution < -0.4 is 10.1 Å². The van der Waals surface area contributed by atoms with Gasteiger partial charge in [-0.25, -0.2) is 14.4 Å². The number of nitrogens with one attached hydrogen (secondary N) is 1. The lowest BCUT2D eigenvalue weighted by Gasteiger charge is -2.22. The van der Waals surface area contributed by atoms with Gasteiger partial charge in [-0.05, 0) is 50.1 Å². The fourth-order valence-electron chi connectivity index (χ4n) is 3.27. The molecule has 0 saturated carbocycles. The molecular weight excluding hydrogens is 331 g/mol. The van der Waals surface area contributed by atoms with Gasteiger partial charge in [-0.2, -0.15) is 0 Å². The lowest BCUT2D eigenvalue weighted by atomic mass is 10.0. The summed E-state index contributed by atoms with van der Waals surface area (Å²) >= 11 is 0. The number of aromatic nitrogens is 3. The summed E-state index contributed by atoms with van der Waals surface area (Å²) in [6.07, 6.45) is 5.51. The Balaban J connectivity index is 1.70. The number of aryl methyl sites for hydroxylation is 1. The van der Waals surface area contributed by atoms with Gasteiger partial charge < -0.3 is 10.1 Å². The van der Waals surface area contributed by atoms with Gasteiger partial charge in [-0.3, -0.25) is 4.98 Å². The molecule has 4 rings (SSSR count). The summed E-state index contributed by atoms with van der Waals surface area (Å²) in [5.74, 6) is 0.552. The second-order valence-electron chi connectivity index (χ2n) is 6.74. The molecular formula is C20H21FN4O. The zero-order valence-corrected chi connectivity index (χ0v) is 14.7. The van der Waals surface area contributed by atoms with Gasteiger partial charge in [0.25, 0.3) is 0 Å². The van der Waals surface area contributed by atoms with Crippen LogP contribution in [0.1, 0.15) is 18.4 Å². The predicted molar refractivity (Wildman–Crippen MR) is 98.6 cm³/mol. The van der Waals surface area contributed by atoms with E-state index in [1.165, 1.54) is 6.07 Å². The topological polar surface area (TPSA) is 59.9 Å². The third kappa shape index (κ3) is 3.51. The number of nitrogens with zero attached hydrogens (tertiary/aromatic N) is 3. The molecule has 0 unspecified atom stereocenters. The van der Waals surface area contributed by atoms with Gasteiger partial charge in [0, 0.05) is 30.4 Å². The number of rotatable bonds is 4.